The van der Waals surface area contributed by atoms with Crippen LogP contribution in [-0.2, 0) is 0 Å². The SMILES string of the molecule is CCN(CC)C(C)(C)C(O)C1CC(C)CC(C)C1. The van der Waals surface area contributed by atoms with Gasteiger partial charge in [-0.05, 0) is 64.0 Å². The van der Waals surface area contributed by atoms with Crippen molar-refractivity contribution < 1.29 is 5.11 Å². The molecule has 2 nitrogen and oxygen atoms in total. The van der Waals surface area contributed by atoms with Gasteiger partial charge in [-0.3, -0.25) is 4.90 Å². The van der Waals surface area contributed by atoms with Crippen molar-refractivity contribution in [3.05, 3.63) is 0 Å². The zero-order valence-corrected chi connectivity index (χ0v) is 13.2. The van der Waals surface area contributed by atoms with Crippen LogP contribution in [0.2, 0.25) is 0 Å². The van der Waals surface area contributed by atoms with E-state index in [0.717, 1.165) is 24.9 Å². The second kappa shape index (κ2) is 6.38. The topological polar surface area (TPSA) is 23.5 Å². The molecule has 0 aromatic carbocycles. The predicted molar refractivity (Wildman–Crippen MR) is 78.7 cm³/mol. The molecule has 1 saturated carbocycles. The van der Waals surface area contributed by atoms with Gasteiger partial charge in [-0.2, -0.15) is 0 Å². The number of hydrogen-bond donors (Lipinski definition) is 1. The quantitative estimate of drug-likeness (QED) is 0.812. The molecule has 1 aliphatic carbocycles. The van der Waals surface area contributed by atoms with E-state index in [2.05, 4.69) is 46.4 Å². The maximum absolute atomic E-state index is 10.8. The first-order valence-corrected chi connectivity index (χ1v) is 7.75. The minimum Gasteiger partial charge on any atom is -0.391 e. The Labute approximate surface area is 114 Å². The first-order valence-electron chi connectivity index (χ1n) is 7.75. The summed E-state index contributed by atoms with van der Waals surface area (Å²) in [4.78, 5) is 2.39. The highest BCUT2D eigenvalue weighted by Gasteiger charge is 2.40. The van der Waals surface area contributed by atoms with E-state index in [9.17, 15) is 5.11 Å². The molecule has 2 heteroatoms. The smallest absolute Gasteiger partial charge is 0.0746 e. The zero-order chi connectivity index (χ0) is 13.9. The van der Waals surface area contributed by atoms with Gasteiger partial charge >= 0.3 is 0 Å². The highest BCUT2D eigenvalue weighted by Crippen LogP contribution is 2.38. The third-order valence-electron chi connectivity index (χ3n) is 4.96. The van der Waals surface area contributed by atoms with E-state index in [-0.39, 0.29) is 11.6 Å². The molecular formula is C16H33NO. The van der Waals surface area contributed by atoms with Crippen LogP contribution in [0.3, 0.4) is 0 Å². The van der Waals surface area contributed by atoms with Gasteiger partial charge in [0.1, 0.15) is 0 Å². The van der Waals surface area contributed by atoms with Crippen LogP contribution >= 0.6 is 0 Å². The van der Waals surface area contributed by atoms with Crippen molar-refractivity contribution in [2.75, 3.05) is 13.1 Å². The lowest BCUT2D eigenvalue weighted by atomic mass is 9.70. The zero-order valence-electron chi connectivity index (χ0n) is 13.2. The van der Waals surface area contributed by atoms with E-state index >= 15 is 0 Å². The Kier molecular flexibility index (Phi) is 5.67. The molecule has 0 radical (unpaired) electrons. The molecule has 1 aliphatic rings. The van der Waals surface area contributed by atoms with Gasteiger partial charge in [-0.15, -0.1) is 0 Å². The average Bonchev–Trinajstić information content (AvgIpc) is 2.27. The van der Waals surface area contributed by atoms with E-state index in [1.54, 1.807) is 0 Å². The van der Waals surface area contributed by atoms with Crippen molar-refractivity contribution in [3.8, 4) is 0 Å². The Morgan fingerprint density at radius 2 is 1.50 bits per heavy atom. The second-order valence-corrected chi connectivity index (χ2v) is 6.95. The van der Waals surface area contributed by atoms with Crippen molar-refractivity contribution in [1.82, 2.24) is 4.90 Å². The van der Waals surface area contributed by atoms with Crippen LogP contribution < -0.4 is 0 Å². The lowest BCUT2D eigenvalue weighted by molar-refractivity contribution is -0.0568. The molecule has 18 heavy (non-hydrogen) atoms. The van der Waals surface area contributed by atoms with Gasteiger partial charge in [0.15, 0.2) is 0 Å². The fourth-order valence-electron chi connectivity index (χ4n) is 4.07. The lowest BCUT2D eigenvalue weighted by Gasteiger charge is -2.46. The monoisotopic (exact) mass is 255 g/mol. The summed E-state index contributed by atoms with van der Waals surface area (Å²) in [7, 11) is 0. The Morgan fingerprint density at radius 3 is 1.89 bits per heavy atom. The molecule has 0 heterocycles. The van der Waals surface area contributed by atoms with Gasteiger partial charge in [0.25, 0.3) is 0 Å². The van der Waals surface area contributed by atoms with Crippen molar-refractivity contribution in [2.24, 2.45) is 17.8 Å². The largest absolute Gasteiger partial charge is 0.391 e. The Hall–Kier alpha value is -0.0800. The molecular weight excluding hydrogens is 222 g/mol. The van der Waals surface area contributed by atoms with Crippen LogP contribution in [-0.4, -0.2) is 34.7 Å². The number of rotatable bonds is 5. The summed E-state index contributed by atoms with van der Waals surface area (Å²) < 4.78 is 0. The number of hydrogen-bond acceptors (Lipinski definition) is 2. The highest BCUT2D eigenvalue weighted by atomic mass is 16.3. The predicted octanol–water partition coefficient (Wildman–Crippen LogP) is 3.54. The van der Waals surface area contributed by atoms with Crippen LogP contribution in [0, 0.1) is 17.8 Å². The van der Waals surface area contributed by atoms with Gasteiger partial charge in [0, 0.05) is 5.54 Å². The number of aliphatic hydroxyl groups is 1. The van der Waals surface area contributed by atoms with Gasteiger partial charge < -0.3 is 5.11 Å². The summed E-state index contributed by atoms with van der Waals surface area (Å²) in [5, 5.41) is 10.8. The molecule has 0 saturated heterocycles. The lowest BCUT2D eigenvalue weighted by Crippen LogP contribution is -2.55. The van der Waals surface area contributed by atoms with Crippen LogP contribution in [0.15, 0.2) is 0 Å². The minimum absolute atomic E-state index is 0.106. The summed E-state index contributed by atoms with van der Waals surface area (Å²) in [5.74, 6) is 2.00. The molecule has 0 bridgehead atoms. The molecule has 0 aliphatic heterocycles. The number of aliphatic hydroxyl groups excluding tert-OH is 1. The van der Waals surface area contributed by atoms with Crippen molar-refractivity contribution in [3.63, 3.8) is 0 Å². The Balaban J connectivity index is 2.75. The van der Waals surface area contributed by atoms with Crippen LogP contribution in [0.1, 0.15) is 60.8 Å². The molecule has 108 valence electrons. The molecule has 1 N–H and O–H groups in total. The number of likely N-dealkylation sites (N-methyl/N-ethyl adjacent to an activating group) is 1. The molecule has 1 rings (SSSR count). The van der Waals surface area contributed by atoms with E-state index in [0.29, 0.717) is 5.92 Å². The molecule has 0 amide bonds. The van der Waals surface area contributed by atoms with Crippen molar-refractivity contribution >= 4 is 0 Å². The van der Waals surface area contributed by atoms with Crippen LogP contribution in [0.5, 0.6) is 0 Å². The highest BCUT2D eigenvalue weighted by molar-refractivity contribution is 4.94. The average molecular weight is 255 g/mol. The summed E-state index contributed by atoms with van der Waals surface area (Å²) in [6, 6.07) is 0. The van der Waals surface area contributed by atoms with Crippen molar-refractivity contribution in [2.45, 2.75) is 72.4 Å². The molecule has 3 unspecified atom stereocenters. The molecule has 3 atom stereocenters. The first kappa shape index (κ1) is 16.0. The Bertz CT molecular complexity index is 237. The van der Waals surface area contributed by atoms with E-state index < -0.39 is 0 Å². The third kappa shape index (κ3) is 3.48. The maximum Gasteiger partial charge on any atom is 0.0746 e. The fraction of sp³-hybridized carbons (Fsp3) is 1.00. The van der Waals surface area contributed by atoms with Crippen LogP contribution in [0.4, 0.5) is 0 Å². The van der Waals surface area contributed by atoms with E-state index in [1.165, 1.54) is 19.3 Å². The molecule has 0 spiro atoms. The van der Waals surface area contributed by atoms with Gasteiger partial charge in [0.05, 0.1) is 6.10 Å². The van der Waals surface area contributed by atoms with E-state index in [1.807, 2.05) is 0 Å². The molecule has 1 fully saturated rings. The normalized spacial score (nSPS) is 31.7. The summed E-state index contributed by atoms with van der Waals surface area (Å²) >= 11 is 0. The standard InChI is InChI=1S/C16H33NO/c1-7-17(8-2)16(5,6)15(18)14-10-12(3)9-13(4)11-14/h12-15,18H,7-11H2,1-6H3. The summed E-state index contributed by atoms with van der Waals surface area (Å²) in [6.45, 7) is 15.5. The summed E-state index contributed by atoms with van der Waals surface area (Å²) in [5.41, 5.74) is -0.106. The Morgan fingerprint density at radius 1 is 1.06 bits per heavy atom. The van der Waals surface area contributed by atoms with Crippen molar-refractivity contribution in [1.29, 1.82) is 0 Å². The fourth-order valence-corrected chi connectivity index (χ4v) is 4.07. The maximum atomic E-state index is 10.8. The summed E-state index contributed by atoms with van der Waals surface area (Å²) in [6.07, 6.45) is 3.50. The van der Waals surface area contributed by atoms with Gasteiger partial charge in [-0.25, -0.2) is 0 Å². The van der Waals surface area contributed by atoms with E-state index in [4.69, 9.17) is 0 Å². The first-order chi connectivity index (χ1) is 8.32. The second-order valence-electron chi connectivity index (χ2n) is 6.95. The number of nitrogens with zero attached hydrogens (tertiary/aromatic N) is 1. The van der Waals surface area contributed by atoms with Gasteiger partial charge in [-0.1, -0.05) is 27.7 Å². The molecule has 0 aromatic rings. The van der Waals surface area contributed by atoms with Crippen LogP contribution in [0.25, 0.3) is 0 Å². The molecule has 0 aromatic heterocycles. The minimum atomic E-state index is -0.206. The third-order valence-corrected chi connectivity index (χ3v) is 4.96. The van der Waals surface area contributed by atoms with Gasteiger partial charge in [0.2, 0.25) is 0 Å².